The molecule has 0 spiro atoms. The number of esters is 1. The van der Waals surface area contributed by atoms with E-state index in [1.165, 1.54) is 0 Å². The normalized spacial score (nSPS) is 10.5. The second-order valence-electron chi connectivity index (χ2n) is 5.21. The van der Waals surface area contributed by atoms with E-state index < -0.39 is 10.9 Å². The second-order valence-corrected chi connectivity index (χ2v) is 5.21. The number of nitro benzene ring substituents is 1. The lowest BCUT2D eigenvalue weighted by atomic mass is 9.95. The Kier molecular flexibility index (Phi) is 4.24. The van der Waals surface area contributed by atoms with Crippen LogP contribution in [0.4, 0.5) is 5.69 Å². The monoisotopic (exact) mass is 321 g/mol. The molecule has 0 saturated carbocycles. The Morgan fingerprint density at radius 3 is 2.46 bits per heavy atom. The van der Waals surface area contributed by atoms with Gasteiger partial charge in [-0.05, 0) is 30.5 Å². The summed E-state index contributed by atoms with van der Waals surface area (Å²) in [6, 6.07) is 17.4. The molecule has 120 valence electrons. The quantitative estimate of drug-likeness (QED) is 0.400. The fraction of sp³-hybridized carbons (Fsp3) is 0.105. The van der Waals surface area contributed by atoms with Gasteiger partial charge in [0, 0.05) is 5.56 Å². The number of ether oxygens (including phenoxy) is 1. The number of fused-ring (bicyclic) bond motifs is 1. The van der Waals surface area contributed by atoms with Crippen LogP contribution < -0.4 is 0 Å². The topological polar surface area (TPSA) is 69.4 Å². The molecule has 0 fully saturated rings. The Bertz CT molecular complexity index is 934. The zero-order chi connectivity index (χ0) is 17.1. The van der Waals surface area contributed by atoms with Gasteiger partial charge >= 0.3 is 5.97 Å². The molecular formula is C19H15NO4. The highest BCUT2D eigenvalue weighted by atomic mass is 16.6. The summed E-state index contributed by atoms with van der Waals surface area (Å²) in [4.78, 5) is 23.5. The molecule has 0 N–H and O–H groups in total. The molecule has 0 amide bonds. The van der Waals surface area contributed by atoms with E-state index >= 15 is 0 Å². The van der Waals surface area contributed by atoms with Crippen LogP contribution in [0.15, 0.2) is 60.7 Å². The van der Waals surface area contributed by atoms with Crippen LogP contribution >= 0.6 is 0 Å². The third-order valence-electron chi connectivity index (χ3n) is 3.80. The van der Waals surface area contributed by atoms with Crippen molar-refractivity contribution in [1.82, 2.24) is 0 Å². The molecule has 0 saturated heterocycles. The molecule has 0 heterocycles. The summed E-state index contributed by atoms with van der Waals surface area (Å²) >= 11 is 0. The predicted octanol–water partition coefficient (Wildman–Crippen LogP) is 4.59. The maximum absolute atomic E-state index is 12.2. The minimum Gasteiger partial charge on any atom is -0.462 e. The lowest BCUT2D eigenvalue weighted by Gasteiger charge is -2.11. The van der Waals surface area contributed by atoms with Gasteiger partial charge in [-0.1, -0.05) is 42.5 Å². The van der Waals surface area contributed by atoms with Gasteiger partial charge in [0.25, 0.3) is 5.69 Å². The van der Waals surface area contributed by atoms with E-state index in [-0.39, 0.29) is 12.3 Å². The minimum absolute atomic E-state index is 0.00940. The first-order chi connectivity index (χ1) is 11.6. The highest BCUT2D eigenvalue weighted by Gasteiger charge is 2.23. The number of carbonyl (C=O) groups excluding carboxylic acids is 1. The van der Waals surface area contributed by atoms with Gasteiger partial charge in [-0.25, -0.2) is 4.79 Å². The second kappa shape index (κ2) is 6.50. The molecule has 5 heteroatoms. The van der Waals surface area contributed by atoms with Crippen molar-refractivity contribution in [3.63, 3.8) is 0 Å². The highest BCUT2D eigenvalue weighted by molar-refractivity contribution is 6.03. The summed E-state index contributed by atoms with van der Waals surface area (Å²) in [5.74, 6) is -0.490. The molecule has 0 bridgehead atoms. The van der Waals surface area contributed by atoms with Crippen molar-refractivity contribution in [2.24, 2.45) is 0 Å². The number of benzene rings is 3. The lowest BCUT2D eigenvalue weighted by molar-refractivity contribution is -0.382. The Labute approximate surface area is 138 Å². The van der Waals surface area contributed by atoms with Crippen LogP contribution in [0, 0.1) is 10.1 Å². The van der Waals surface area contributed by atoms with Crippen molar-refractivity contribution in [3.8, 4) is 11.1 Å². The van der Waals surface area contributed by atoms with Gasteiger partial charge in [0.05, 0.1) is 28.0 Å². The maximum Gasteiger partial charge on any atom is 0.338 e. The standard InChI is InChI=1S/C19H15NO4/c1-2-24-19(21)17-10-6-5-9-15(17)16-12-11-13-7-3-4-8-14(13)18(16)20(22)23/h3-12H,2H2,1H3. The number of nitrogens with zero attached hydrogens (tertiary/aromatic N) is 1. The van der Waals surface area contributed by atoms with E-state index in [0.29, 0.717) is 22.1 Å². The Balaban J connectivity index is 2.30. The predicted molar refractivity (Wildman–Crippen MR) is 92.0 cm³/mol. The van der Waals surface area contributed by atoms with E-state index in [1.807, 2.05) is 18.2 Å². The Morgan fingerprint density at radius 2 is 1.71 bits per heavy atom. The van der Waals surface area contributed by atoms with Crippen molar-refractivity contribution >= 4 is 22.4 Å². The number of hydrogen-bond acceptors (Lipinski definition) is 4. The molecule has 3 rings (SSSR count). The highest BCUT2D eigenvalue weighted by Crippen LogP contribution is 2.38. The first kappa shape index (κ1) is 15.7. The number of rotatable bonds is 4. The third kappa shape index (κ3) is 2.72. The molecule has 0 radical (unpaired) electrons. The van der Waals surface area contributed by atoms with Crippen molar-refractivity contribution in [3.05, 3.63) is 76.3 Å². The average molecular weight is 321 g/mol. The molecule has 0 aromatic heterocycles. The molecule has 3 aromatic rings. The molecule has 0 aliphatic heterocycles. The van der Waals surface area contributed by atoms with Crippen LogP contribution in [0.3, 0.4) is 0 Å². The summed E-state index contributed by atoms with van der Waals surface area (Å²) in [6.45, 7) is 1.96. The van der Waals surface area contributed by atoms with Gasteiger partial charge in [-0.2, -0.15) is 0 Å². The molecule has 24 heavy (non-hydrogen) atoms. The van der Waals surface area contributed by atoms with E-state index in [1.54, 1.807) is 49.4 Å². The molecule has 0 aliphatic carbocycles. The van der Waals surface area contributed by atoms with Crippen LogP contribution in [-0.4, -0.2) is 17.5 Å². The van der Waals surface area contributed by atoms with Gasteiger partial charge in [-0.15, -0.1) is 0 Å². The first-order valence-corrected chi connectivity index (χ1v) is 7.56. The van der Waals surface area contributed by atoms with Gasteiger partial charge in [0.2, 0.25) is 0 Å². The van der Waals surface area contributed by atoms with Gasteiger partial charge in [0.15, 0.2) is 0 Å². The van der Waals surface area contributed by atoms with Crippen molar-refractivity contribution in [2.45, 2.75) is 6.92 Å². The van der Waals surface area contributed by atoms with Crippen LogP contribution in [-0.2, 0) is 4.74 Å². The van der Waals surface area contributed by atoms with Gasteiger partial charge < -0.3 is 4.74 Å². The molecule has 3 aromatic carbocycles. The van der Waals surface area contributed by atoms with Crippen molar-refractivity contribution in [1.29, 1.82) is 0 Å². The molecule has 0 unspecified atom stereocenters. The van der Waals surface area contributed by atoms with Crippen LogP contribution in [0.1, 0.15) is 17.3 Å². The van der Waals surface area contributed by atoms with Crippen molar-refractivity contribution in [2.75, 3.05) is 6.61 Å². The van der Waals surface area contributed by atoms with Crippen LogP contribution in [0.5, 0.6) is 0 Å². The van der Waals surface area contributed by atoms with Crippen LogP contribution in [0.2, 0.25) is 0 Å². The molecule has 0 aliphatic rings. The summed E-state index contributed by atoms with van der Waals surface area (Å²) in [6.07, 6.45) is 0. The van der Waals surface area contributed by atoms with Gasteiger partial charge in [0.1, 0.15) is 0 Å². The average Bonchev–Trinajstić information content (AvgIpc) is 2.60. The molecule has 5 nitrogen and oxygen atoms in total. The number of hydrogen-bond donors (Lipinski definition) is 0. The summed E-state index contributed by atoms with van der Waals surface area (Å²) in [5.41, 5.74) is 1.21. The molecule has 0 atom stereocenters. The zero-order valence-corrected chi connectivity index (χ0v) is 13.1. The summed E-state index contributed by atoms with van der Waals surface area (Å²) < 4.78 is 5.07. The van der Waals surface area contributed by atoms with E-state index in [2.05, 4.69) is 0 Å². The first-order valence-electron chi connectivity index (χ1n) is 7.56. The number of nitro groups is 1. The van der Waals surface area contributed by atoms with Gasteiger partial charge in [-0.3, -0.25) is 10.1 Å². The fourth-order valence-electron chi connectivity index (χ4n) is 2.77. The minimum atomic E-state index is -0.490. The fourth-order valence-corrected chi connectivity index (χ4v) is 2.77. The molecular weight excluding hydrogens is 306 g/mol. The SMILES string of the molecule is CCOC(=O)c1ccccc1-c1ccc2ccccc2c1[N+](=O)[O-]. The van der Waals surface area contributed by atoms with Crippen LogP contribution in [0.25, 0.3) is 21.9 Å². The van der Waals surface area contributed by atoms with E-state index in [9.17, 15) is 14.9 Å². The smallest absolute Gasteiger partial charge is 0.338 e. The summed E-state index contributed by atoms with van der Waals surface area (Å²) in [7, 11) is 0. The largest absolute Gasteiger partial charge is 0.462 e. The number of carbonyl (C=O) groups is 1. The van der Waals surface area contributed by atoms with E-state index in [0.717, 1.165) is 5.39 Å². The lowest BCUT2D eigenvalue weighted by Crippen LogP contribution is -2.07. The van der Waals surface area contributed by atoms with E-state index in [4.69, 9.17) is 4.74 Å². The maximum atomic E-state index is 12.2. The summed E-state index contributed by atoms with van der Waals surface area (Å²) in [5, 5.41) is 13.0. The Hall–Kier alpha value is -3.21. The zero-order valence-electron chi connectivity index (χ0n) is 13.1. The van der Waals surface area contributed by atoms with Crippen molar-refractivity contribution < 1.29 is 14.5 Å². The third-order valence-corrected chi connectivity index (χ3v) is 3.80. The Morgan fingerprint density at radius 1 is 1.00 bits per heavy atom.